The van der Waals surface area contributed by atoms with Gasteiger partial charge in [0.1, 0.15) is 0 Å². The van der Waals surface area contributed by atoms with Gasteiger partial charge < -0.3 is 5.32 Å². The van der Waals surface area contributed by atoms with E-state index in [1.807, 2.05) is 12.1 Å². The Morgan fingerprint density at radius 1 is 1.18 bits per heavy atom. The molecule has 0 spiro atoms. The highest BCUT2D eigenvalue weighted by molar-refractivity contribution is 6.14. The Kier molecular flexibility index (Phi) is 3.55. The summed E-state index contributed by atoms with van der Waals surface area (Å²) in [6.45, 7) is 6.99. The molecule has 106 valence electrons. The molecule has 2 aromatic rings. The Labute approximate surface area is 127 Å². The van der Waals surface area contributed by atoms with Crippen molar-refractivity contribution in [2.75, 3.05) is 5.32 Å². The van der Waals surface area contributed by atoms with Crippen LogP contribution in [-0.2, 0) is 11.2 Å². The summed E-state index contributed by atoms with van der Waals surface area (Å²) in [5, 5.41) is 2.74. The molecule has 0 atom stereocenters. The number of nitrogens with zero attached hydrogens (tertiary/aromatic N) is 1. The summed E-state index contributed by atoms with van der Waals surface area (Å²) < 4.78 is 0. The topological polar surface area (TPSA) is 50.5 Å². The van der Waals surface area contributed by atoms with Crippen LogP contribution < -0.4 is 5.32 Å². The minimum Gasteiger partial charge on any atom is -0.323 e. The van der Waals surface area contributed by atoms with E-state index >= 15 is 0 Å². The third kappa shape index (κ3) is 2.65. The minimum atomic E-state index is -0.293. The highest BCUT2D eigenvalue weighted by atomic mass is 16.2. The average Bonchev–Trinajstić information content (AvgIpc) is 2.56. The molecule has 1 amide bonds. The molecule has 2 aromatic carbocycles. The molecule has 4 nitrogen and oxygen atoms in total. The Morgan fingerprint density at radius 3 is 2.68 bits per heavy atom. The molecule has 0 bridgehead atoms. The Hall–Kier alpha value is -3.19. The van der Waals surface area contributed by atoms with E-state index in [1.54, 1.807) is 36.4 Å². The monoisotopic (exact) mass is 288 g/mol. The fourth-order valence-corrected chi connectivity index (χ4v) is 2.35. The van der Waals surface area contributed by atoms with Crippen LogP contribution in [0.4, 0.5) is 11.4 Å². The van der Waals surface area contributed by atoms with Crippen LogP contribution >= 0.6 is 0 Å². The van der Waals surface area contributed by atoms with Gasteiger partial charge in [-0.25, -0.2) is 4.85 Å². The van der Waals surface area contributed by atoms with E-state index in [0.717, 1.165) is 5.56 Å². The third-order valence-corrected chi connectivity index (χ3v) is 3.51. The van der Waals surface area contributed by atoms with Gasteiger partial charge >= 0.3 is 0 Å². The van der Waals surface area contributed by atoms with Crippen LogP contribution in [0.2, 0.25) is 0 Å². The first-order valence-corrected chi connectivity index (χ1v) is 6.79. The number of hydrogen-bond donors (Lipinski definition) is 1. The maximum atomic E-state index is 12.2. The maximum Gasteiger partial charge on any atom is 0.252 e. The summed E-state index contributed by atoms with van der Waals surface area (Å²) in [6, 6.07) is 14.0. The predicted molar refractivity (Wildman–Crippen MR) is 83.9 cm³/mol. The van der Waals surface area contributed by atoms with Crippen LogP contribution in [-0.4, -0.2) is 11.7 Å². The average molecular weight is 288 g/mol. The Morgan fingerprint density at radius 2 is 1.95 bits per heavy atom. The van der Waals surface area contributed by atoms with Crippen molar-refractivity contribution in [2.45, 2.75) is 6.42 Å². The molecule has 0 aliphatic carbocycles. The van der Waals surface area contributed by atoms with E-state index in [4.69, 9.17) is 6.57 Å². The van der Waals surface area contributed by atoms with Crippen molar-refractivity contribution in [3.8, 4) is 0 Å². The Bertz CT molecular complexity index is 830. The zero-order chi connectivity index (χ0) is 15.5. The van der Waals surface area contributed by atoms with Crippen LogP contribution in [0.3, 0.4) is 0 Å². The third-order valence-electron chi connectivity index (χ3n) is 3.51. The molecule has 3 rings (SSSR count). The van der Waals surface area contributed by atoms with Gasteiger partial charge in [-0.05, 0) is 17.7 Å². The molecule has 1 aliphatic rings. The quantitative estimate of drug-likeness (QED) is 0.522. The number of amides is 1. The SMILES string of the molecule is [C-]#[N+]c1ccc2c(c1)NC(=O)/C(=C/C(=O)c1ccccc1)C2. The molecule has 0 aromatic heterocycles. The smallest absolute Gasteiger partial charge is 0.252 e. The second kappa shape index (κ2) is 5.66. The van der Waals surface area contributed by atoms with E-state index in [1.165, 1.54) is 6.08 Å². The lowest BCUT2D eigenvalue weighted by molar-refractivity contribution is -0.113. The van der Waals surface area contributed by atoms with Crippen molar-refractivity contribution in [2.24, 2.45) is 0 Å². The molecule has 22 heavy (non-hydrogen) atoms. The number of carbonyl (C=O) groups excluding carboxylic acids is 2. The van der Waals surface area contributed by atoms with Gasteiger partial charge in [0.05, 0.1) is 6.57 Å². The molecular formula is C18H12N2O2. The molecule has 1 heterocycles. The van der Waals surface area contributed by atoms with Gasteiger partial charge in [-0.15, -0.1) is 0 Å². The summed E-state index contributed by atoms with van der Waals surface area (Å²) in [4.78, 5) is 27.6. The summed E-state index contributed by atoms with van der Waals surface area (Å²) in [6.07, 6.45) is 1.77. The number of rotatable bonds is 2. The summed E-state index contributed by atoms with van der Waals surface area (Å²) in [7, 11) is 0. The van der Waals surface area contributed by atoms with Crippen molar-refractivity contribution >= 4 is 23.1 Å². The largest absolute Gasteiger partial charge is 0.323 e. The van der Waals surface area contributed by atoms with E-state index in [0.29, 0.717) is 28.9 Å². The van der Waals surface area contributed by atoms with Crippen LogP contribution in [0.5, 0.6) is 0 Å². The molecular weight excluding hydrogens is 276 g/mol. The first-order valence-electron chi connectivity index (χ1n) is 6.79. The van der Waals surface area contributed by atoms with Gasteiger partial charge in [0.25, 0.3) is 5.91 Å². The number of anilines is 1. The lowest BCUT2D eigenvalue weighted by atomic mass is 9.96. The standard InChI is InChI=1S/C18H12N2O2/c1-19-15-8-7-13-9-14(18(22)20-16(13)11-15)10-17(21)12-5-3-2-4-6-12/h2-8,10-11H,9H2,(H,20,22)/b14-10+. The molecule has 0 fully saturated rings. The summed E-state index contributed by atoms with van der Waals surface area (Å²) in [5.41, 5.74) is 3.00. The van der Waals surface area contributed by atoms with Gasteiger partial charge in [-0.3, -0.25) is 9.59 Å². The van der Waals surface area contributed by atoms with E-state index in [-0.39, 0.29) is 11.7 Å². The highest BCUT2D eigenvalue weighted by Gasteiger charge is 2.21. The number of hydrogen-bond acceptors (Lipinski definition) is 2. The zero-order valence-corrected chi connectivity index (χ0v) is 11.7. The first-order chi connectivity index (χ1) is 10.7. The van der Waals surface area contributed by atoms with Gasteiger partial charge in [0.2, 0.25) is 0 Å². The number of benzene rings is 2. The number of allylic oxidation sites excluding steroid dienone is 1. The molecule has 0 saturated heterocycles. The number of fused-ring (bicyclic) bond motifs is 1. The molecule has 4 heteroatoms. The maximum absolute atomic E-state index is 12.2. The van der Waals surface area contributed by atoms with Gasteiger partial charge in [-0.2, -0.15) is 0 Å². The first kappa shape index (κ1) is 13.8. The highest BCUT2D eigenvalue weighted by Crippen LogP contribution is 2.29. The van der Waals surface area contributed by atoms with Crippen LogP contribution in [0.1, 0.15) is 15.9 Å². The summed E-state index contributed by atoms with van der Waals surface area (Å²) in [5.74, 6) is -0.481. The van der Waals surface area contributed by atoms with E-state index in [2.05, 4.69) is 10.2 Å². The van der Waals surface area contributed by atoms with E-state index < -0.39 is 0 Å². The number of nitrogens with one attached hydrogen (secondary N) is 1. The molecule has 0 radical (unpaired) electrons. The molecule has 1 N–H and O–H groups in total. The fraction of sp³-hybridized carbons (Fsp3) is 0.0556. The molecule has 0 saturated carbocycles. The molecule has 0 unspecified atom stereocenters. The number of ketones is 1. The van der Waals surface area contributed by atoms with Crippen molar-refractivity contribution in [3.05, 3.63) is 82.7 Å². The minimum absolute atomic E-state index is 0.188. The van der Waals surface area contributed by atoms with Crippen molar-refractivity contribution < 1.29 is 9.59 Å². The van der Waals surface area contributed by atoms with Gasteiger partial charge in [0, 0.05) is 23.2 Å². The number of carbonyl (C=O) groups is 2. The van der Waals surface area contributed by atoms with Crippen molar-refractivity contribution in [1.29, 1.82) is 0 Å². The van der Waals surface area contributed by atoms with Crippen LogP contribution in [0, 0.1) is 6.57 Å². The summed E-state index contributed by atoms with van der Waals surface area (Å²) >= 11 is 0. The molecule has 1 aliphatic heterocycles. The van der Waals surface area contributed by atoms with Crippen molar-refractivity contribution in [1.82, 2.24) is 0 Å². The lowest BCUT2D eigenvalue weighted by Crippen LogP contribution is -2.23. The normalized spacial score (nSPS) is 14.9. The second-order valence-corrected chi connectivity index (χ2v) is 4.98. The fourth-order valence-electron chi connectivity index (χ4n) is 2.35. The second-order valence-electron chi connectivity index (χ2n) is 4.98. The lowest BCUT2D eigenvalue weighted by Gasteiger charge is -2.19. The van der Waals surface area contributed by atoms with E-state index in [9.17, 15) is 9.59 Å². The Balaban J connectivity index is 1.90. The predicted octanol–water partition coefficient (Wildman–Crippen LogP) is 3.54. The zero-order valence-electron chi connectivity index (χ0n) is 11.7. The van der Waals surface area contributed by atoms with Crippen LogP contribution in [0.15, 0.2) is 60.2 Å². The van der Waals surface area contributed by atoms with Gasteiger partial charge in [-0.1, -0.05) is 42.5 Å². The van der Waals surface area contributed by atoms with Crippen molar-refractivity contribution in [3.63, 3.8) is 0 Å². The van der Waals surface area contributed by atoms with Gasteiger partial charge in [0.15, 0.2) is 11.5 Å². The van der Waals surface area contributed by atoms with Crippen LogP contribution in [0.25, 0.3) is 4.85 Å².